The first-order chi connectivity index (χ1) is 7.84. The van der Waals surface area contributed by atoms with Crippen molar-refractivity contribution in [2.75, 3.05) is 6.54 Å². The highest BCUT2D eigenvalue weighted by Crippen LogP contribution is 2.39. The van der Waals surface area contributed by atoms with E-state index in [0.29, 0.717) is 22.8 Å². The number of hydrogen-bond donors (Lipinski definition) is 2. The molecule has 96 valence electrons. The Morgan fingerprint density at radius 3 is 2.47 bits per heavy atom. The monoisotopic (exact) mass is 257 g/mol. The van der Waals surface area contributed by atoms with Gasteiger partial charge in [0.05, 0.1) is 11.4 Å². The highest BCUT2D eigenvalue weighted by atomic mass is 32.2. The number of hydrogen-bond acceptors (Lipinski definition) is 3. The fraction of sp³-hybridized carbons (Fsp3) is 0.727. The van der Waals surface area contributed by atoms with Gasteiger partial charge < -0.3 is 0 Å². The predicted octanol–water partition coefficient (Wildman–Crippen LogP) is 1.50. The lowest BCUT2D eigenvalue weighted by atomic mass is 9.71. The molecule has 2 N–H and O–H groups in total. The van der Waals surface area contributed by atoms with E-state index >= 15 is 0 Å². The molecule has 0 amide bonds. The lowest BCUT2D eigenvalue weighted by molar-refractivity contribution is 0.166. The van der Waals surface area contributed by atoms with Gasteiger partial charge in [-0.3, -0.25) is 5.10 Å². The summed E-state index contributed by atoms with van der Waals surface area (Å²) in [4.78, 5) is 0.292. The van der Waals surface area contributed by atoms with Crippen molar-refractivity contribution in [1.29, 1.82) is 0 Å². The van der Waals surface area contributed by atoms with Gasteiger partial charge in [0.25, 0.3) is 0 Å². The Kier molecular flexibility index (Phi) is 3.03. The van der Waals surface area contributed by atoms with E-state index in [0.717, 1.165) is 12.8 Å². The minimum Gasteiger partial charge on any atom is -0.281 e. The van der Waals surface area contributed by atoms with Gasteiger partial charge in [-0.1, -0.05) is 13.3 Å². The third kappa shape index (κ3) is 2.37. The number of nitrogens with one attached hydrogen (secondary N) is 2. The predicted molar refractivity (Wildman–Crippen MR) is 65.2 cm³/mol. The molecule has 2 rings (SSSR count). The Morgan fingerprint density at radius 2 is 2.06 bits per heavy atom. The zero-order valence-corrected chi connectivity index (χ0v) is 11.3. The van der Waals surface area contributed by atoms with Crippen LogP contribution in [-0.4, -0.2) is 25.2 Å². The molecule has 0 aromatic carbocycles. The minimum atomic E-state index is -3.43. The van der Waals surface area contributed by atoms with Crippen LogP contribution in [0.4, 0.5) is 0 Å². The van der Waals surface area contributed by atoms with E-state index in [9.17, 15) is 8.42 Å². The summed E-state index contributed by atoms with van der Waals surface area (Å²) < 4.78 is 27.0. The van der Waals surface area contributed by atoms with Gasteiger partial charge in [-0.2, -0.15) is 5.10 Å². The van der Waals surface area contributed by atoms with E-state index < -0.39 is 10.0 Å². The van der Waals surface area contributed by atoms with Crippen molar-refractivity contribution in [3.63, 3.8) is 0 Å². The van der Waals surface area contributed by atoms with Gasteiger partial charge in [0, 0.05) is 6.54 Å². The van der Waals surface area contributed by atoms with Crippen molar-refractivity contribution in [2.45, 2.75) is 44.9 Å². The third-order valence-corrected chi connectivity index (χ3v) is 5.24. The summed E-state index contributed by atoms with van der Waals surface area (Å²) in [6, 6.07) is 0. The highest BCUT2D eigenvalue weighted by molar-refractivity contribution is 7.89. The topological polar surface area (TPSA) is 74.8 Å². The maximum Gasteiger partial charge on any atom is 0.244 e. The maximum absolute atomic E-state index is 12.2. The molecule has 6 heteroatoms. The van der Waals surface area contributed by atoms with Crippen LogP contribution in [0.5, 0.6) is 0 Å². The van der Waals surface area contributed by atoms with Crippen molar-refractivity contribution >= 4 is 10.0 Å². The van der Waals surface area contributed by atoms with Crippen molar-refractivity contribution in [3.05, 3.63) is 11.4 Å². The molecular formula is C11H19N3O2S. The fourth-order valence-corrected chi connectivity index (χ4v) is 3.80. The van der Waals surface area contributed by atoms with Crippen LogP contribution in [0.1, 0.15) is 37.6 Å². The SMILES string of the molecule is Cc1n[nH]c(C)c1S(=O)(=O)NCC1(C)CCC1. The molecule has 0 saturated heterocycles. The van der Waals surface area contributed by atoms with Gasteiger partial charge in [-0.25, -0.2) is 13.1 Å². The number of aromatic nitrogens is 2. The van der Waals surface area contributed by atoms with E-state index in [-0.39, 0.29) is 5.41 Å². The molecule has 5 nitrogen and oxygen atoms in total. The summed E-state index contributed by atoms with van der Waals surface area (Å²) in [5.41, 5.74) is 1.25. The standard InChI is InChI=1S/C11H19N3O2S/c1-8-10(9(2)14-13-8)17(15,16)12-7-11(3)5-4-6-11/h12H,4-7H2,1-3H3,(H,13,14). The molecule has 1 aliphatic carbocycles. The molecular weight excluding hydrogens is 238 g/mol. The summed E-state index contributed by atoms with van der Waals surface area (Å²) in [5, 5.41) is 6.62. The van der Waals surface area contributed by atoms with Gasteiger partial charge in [-0.05, 0) is 32.1 Å². The van der Waals surface area contributed by atoms with Gasteiger partial charge in [0.15, 0.2) is 0 Å². The molecule has 1 aromatic heterocycles. The van der Waals surface area contributed by atoms with Crippen molar-refractivity contribution in [3.8, 4) is 0 Å². The Balaban J connectivity index is 2.14. The molecule has 1 heterocycles. The highest BCUT2D eigenvalue weighted by Gasteiger charge is 2.33. The Morgan fingerprint density at radius 1 is 1.41 bits per heavy atom. The van der Waals surface area contributed by atoms with Crippen LogP contribution in [0.15, 0.2) is 4.90 Å². The first kappa shape index (κ1) is 12.6. The van der Waals surface area contributed by atoms with Crippen LogP contribution in [0, 0.1) is 19.3 Å². The van der Waals surface area contributed by atoms with Crippen molar-refractivity contribution in [1.82, 2.24) is 14.9 Å². The second kappa shape index (κ2) is 4.10. The number of nitrogens with zero attached hydrogens (tertiary/aromatic N) is 1. The van der Waals surface area contributed by atoms with Crippen LogP contribution in [0.3, 0.4) is 0 Å². The van der Waals surface area contributed by atoms with E-state index in [2.05, 4.69) is 21.8 Å². The molecule has 0 unspecified atom stereocenters. The smallest absolute Gasteiger partial charge is 0.244 e. The number of aryl methyl sites for hydroxylation is 2. The molecule has 1 aliphatic rings. The van der Waals surface area contributed by atoms with Gasteiger partial charge in [-0.15, -0.1) is 0 Å². The van der Waals surface area contributed by atoms with Crippen LogP contribution in [-0.2, 0) is 10.0 Å². The van der Waals surface area contributed by atoms with Gasteiger partial charge in [0.2, 0.25) is 10.0 Å². The van der Waals surface area contributed by atoms with Crippen molar-refractivity contribution < 1.29 is 8.42 Å². The lowest BCUT2D eigenvalue weighted by Gasteiger charge is -2.38. The molecule has 1 aromatic rings. The number of H-pyrrole nitrogens is 1. The number of rotatable bonds is 4. The van der Waals surface area contributed by atoms with E-state index in [1.165, 1.54) is 6.42 Å². The molecule has 0 atom stereocenters. The van der Waals surface area contributed by atoms with Crippen molar-refractivity contribution in [2.24, 2.45) is 5.41 Å². The normalized spacial score (nSPS) is 19.0. The Bertz CT molecular complexity index is 495. The average molecular weight is 257 g/mol. The van der Waals surface area contributed by atoms with E-state index in [1.54, 1.807) is 13.8 Å². The summed E-state index contributed by atoms with van der Waals surface area (Å²) in [6.07, 6.45) is 3.39. The quantitative estimate of drug-likeness (QED) is 0.858. The molecule has 1 saturated carbocycles. The Labute approximate surface area is 102 Å². The van der Waals surface area contributed by atoms with E-state index in [1.807, 2.05) is 0 Å². The Hall–Kier alpha value is -0.880. The summed E-state index contributed by atoms with van der Waals surface area (Å²) in [6.45, 7) is 6.05. The van der Waals surface area contributed by atoms with Crippen LogP contribution in [0.25, 0.3) is 0 Å². The fourth-order valence-electron chi connectivity index (χ4n) is 2.24. The third-order valence-electron chi connectivity index (χ3n) is 3.58. The zero-order chi connectivity index (χ0) is 12.7. The second-order valence-corrected chi connectivity index (χ2v) is 6.96. The minimum absolute atomic E-state index is 0.138. The van der Waals surface area contributed by atoms with E-state index in [4.69, 9.17) is 0 Å². The van der Waals surface area contributed by atoms with Gasteiger partial charge in [0.1, 0.15) is 4.90 Å². The molecule has 0 bridgehead atoms. The van der Waals surface area contributed by atoms with Gasteiger partial charge >= 0.3 is 0 Å². The molecule has 0 aliphatic heterocycles. The molecule has 0 spiro atoms. The summed E-state index contributed by atoms with van der Waals surface area (Å²) in [7, 11) is -3.43. The zero-order valence-electron chi connectivity index (χ0n) is 10.5. The molecule has 1 fully saturated rings. The second-order valence-electron chi connectivity index (χ2n) is 5.25. The van der Waals surface area contributed by atoms with Crippen LogP contribution in [0.2, 0.25) is 0 Å². The summed E-state index contributed by atoms with van der Waals surface area (Å²) in [5.74, 6) is 0. The number of aromatic amines is 1. The maximum atomic E-state index is 12.2. The largest absolute Gasteiger partial charge is 0.281 e. The molecule has 17 heavy (non-hydrogen) atoms. The summed E-state index contributed by atoms with van der Waals surface area (Å²) >= 11 is 0. The van der Waals surface area contributed by atoms with Crippen LogP contribution < -0.4 is 4.72 Å². The lowest BCUT2D eigenvalue weighted by Crippen LogP contribution is -2.40. The first-order valence-corrected chi connectivity index (χ1v) is 7.34. The average Bonchev–Trinajstić information content (AvgIpc) is 2.53. The molecule has 0 radical (unpaired) electrons. The number of sulfonamides is 1. The van der Waals surface area contributed by atoms with Crippen LogP contribution >= 0.6 is 0 Å². The first-order valence-electron chi connectivity index (χ1n) is 5.85.